The van der Waals surface area contributed by atoms with Crippen molar-refractivity contribution < 1.29 is 5.11 Å². The van der Waals surface area contributed by atoms with Gasteiger partial charge in [0.2, 0.25) is 0 Å². The molecule has 0 saturated heterocycles. The molecule has 94 valence electrons. The van der Waals surface area contributed by atoms with Crippen molar-refractivity contribution >= 4 is 16.6 Å². The molecule has 0 fully saturated rings. The van der Waals surface area contributed by atoms with Crippen LogP contribution in [0.3, 0.4) is 0 Å². The van der Waals surface area contributed by atoms with Gasteiger partial charge >= 0.3 is 0 Å². The summed E-state index contributed by atoms with van der Waals surface area (Å²) in [5.41, 5.74) is 4.01. The third-order valence-corrected chi connectivity index (χ3v) is 3.08. The number of allylic oxidation sites excluding steroid dienone is 1. The van der Waals surface area contributed by atoms with Gasteiger partial charge in [-0.3, -0.25) is 0 Å². The zero-order chi connectivity index (χ0) is 13.4. The summed E-state index contributed by atoms with van der Waals surface area (Å²) >= 11 is 0. The standard InChI is InChI=1S/C15H13N3O/c1-9(2)12-8-16-15-11(12)7-13(17-18-15)10-5-3-4-6-14(10)19/h3-8,19H,1H2,2H3,(H,16,18). The van der Waals surface area contributed by atoms with Crippen LogP contribution in [0.15, 0.2) is 43.1 Å². The summed E-state index contributed by atoms with van der Waals surface area (Å²) in [5, 5.41) is 19.1. The maximum atomic E-state index is 9.87. The van der Waals surface area contributed by atoms with Crippen LogP contribution >= 0.6 is 0 Å². The van der Waals surface area contributed by atoms with E-state index in [0.29, 0.717) is 11.3 Å². The predicted octanol–water partition coefficient (Wildman–Crippen LogP) is 3.36. The molecule has 2 aromatic heterocycles. The van der Waals surface area contributed by atoms with E-state index in [0.717, 1.165) is 22.2 Å². The van der Waals surface area contributed by atoms with Crippen LogP contribution in [-0.4, -0.2) is 20.3 Å². The molecule has 1 aromatic carbocycles. The van der Waals surface area contributed by atoms with Crippen LogP contribution in [0.4, 0.5) is 0 Å². The number of para-hydroxylation sites is 1. The van der Waals surface area contributed by atoms with Crippen LogP contribution < -0.4 is 0 Å². The van der Waals surface area contributed by atoms with E-state index < -0.39 is 0 Å². The number of hydrogen-bond donors (Lipinski definition) is 2. The lowest BCUT2D eigenvalue weighted by atomic mass is 10.1. The van der Waals surface area contributed by atoms with Crippen LogP contribution in [-0.2, 0) is 0 Å². The quantitative estimate of drug-likeness (QED) is 0.734. The number of nitrogens with one attached hydrogen (secondary N) is 1. The molecule has 3 aromatic rings. The molecule has 0 unspecified atom stereocenters. The lowest BCUT2D eigenvalue weighted by molar-refractivity contribution is 0.477. The number of phenolic OH excluding ortho intramolecular Hbond substituents is 1. The molecule has 0 aliphatic heterocycles. The molecule has 0 spiro atoms. The summed E-state index contributed by atoms with van der Waals surface area (Å²) in [5.74, 6) is 0.198. The highest BCUT2D eigenvalue weighted by molar-refractivity contribution is 5.91. The van der Waals surface area contributed by atoms with E-state index >= 15 is 0 Å². The monoisotopic (exact) mass is 251 g/mol. The lowest BCUT2D eigenvalue weighted by Gasteiger charge is -2.03. The number of H-pyrrole nitrogens is 1. The van der Waals surface area contributed by atoms with Gasteiger partial charge in [0.1, 0.15) is 5.75 Å². The molecule has 0 amide bonds. The average Bonchev–Trinajstić information content (AvgIpc) is 2.82. The van der Waals surface area contributed by atoms with Gasteiger partial charge in [-0.25, -0.2) is 0 Å². The molecule has 2 heterocycles. The lowest BCUT2D eigenvalue weighted by Crippen LogP contribution is -1.89. The van der Waals surface area contributed by atoms with E-state index in [1.54, 1.807) is 12.1 Å². The second-order valence-electron chi connectivity index (χ2n) is 4.49. The first-order chi connectivity index (χ1) is 9.16. The second-order valence-corrected chi connectivity index (χ2v) is 4.49. The number of rotatable bonds is 2. The zero-order valence-electron chi connectivity index (χ0n) is 10.5. The molecule has 0 radical (unpaired) electrons. The SMILES string of the molecule is C=C(C)c1c[nH]c2nnc(-c3ccccc3O)cc12. The number of aromatic amines is 1. The summed E-state index contributed by atoms with van der Waals surface area (Å²) in [4.78, 5) is 3.07. The Hall–Kier alpha value is -2.62. The number of nitrogens with zero attached hydrogens (tertiary/aromatic N) is 2. The van der Waals surface area contributed by atoms with Gasteiger partial charge in [-0.05, 0) is 30.7 Å². The van der Waals surface area contributed by atoms with Gasteiger partial charge < -0.3 is 10.1 Å². The van der Waals surface area contributed by atoms with E-state index in [2.05, 4.69) is 21.8 Å². The second kappa shape index (κ2) is 4.24. The Labute approximate surface area is 110 Å². The van der Waals surface area contributed by atoms with Gasteiger partial charge in [0.25, 0.3) is 0 Å². The normalized spacial score (nSPS) is 10.8. The fraction of sp³-hybridized carbons (Fsp3) is 0.0667. The topological polar surface area (TPSA) is 61.8 Å². The minimum atomic E-state index is 0.198. The van der Waals surface area contributed by atoms with E-state index in [-0.39, 0.29) is 5.75 Å². The molecule has 19 heavy (non-hydrogen) atoms. The number of aromatic nitrogens is 3. The summed E-state index contributed by atoms with van der Waals surface area (Å²) < 4.78 is 0. The smallest absolute Gasteiger partial charge is 0.160 e. The van der Waals surface area contributed by atoms with Gasteiger partial charge in [-0.1, -0.05) is 18.7 Å². The molecule has 0 bridgehead atoms. The van der Waals surface area contributed by atoms with Crippen molar-refractivity contribution in [2.24, 2.45) is 0 Å². The van der Waals surface area contributed by atoms with Crippen LogP contribution in [0.2, 0.25) is 0 Å². The molecule has 2 N–H and O–H groups in total. The summed E-state index contributed by atoms with van der Waals surface area (Å²) in [7, 11) is 0. The van der Waals surface area contributed by atoms with Crippen LogP contribution in [0.1, 0.15) is 12.5 Å². The zero-order valence-corrected chi connectivity index (χ0v) is 10.5. The maximum Gasteiger partial charge on any atom is 0.160 e. The molecule has 4 heteroatoms. The molecule has 4 nitrogen and oxygen atoms in total. The third-order valence-electron chi connectivity index (χ3n) is 3.08. The van der Waals surface area contributed by atoms with Crippen molar-refractivity contribution in [3.05, 3.63) is 48.7 Å². The number of phenols is 1. The molecule has 3 rings (SSSR count). The Morgan fingerprint density at radius 2 is 2.05 bits per heavy atom. The van der Waals surface area contributed by atoms with Crippen molar-refractivity contribution in [1.82, 2.24) is 15.2 Å². The fourth-order valence-corrected chi connectivity index (χ4v) is 2.10. The van der Waals surface area contributed by atoms with E-state index in [1.807, 2.05) is 31.3 Å². The van der Waals surface area contributed by atoms with Crippen LogP contribution in [0, 0.1) is 0 Å². The van der Waals surface area contributed by atoms with Crippen molar-refractivity contribution in [3.63, 3.8) is 0 Å². The van der Waals surface area contributed by atoms with Gasteiger partial charge in [0.05, 0.1) is 5.69 Å². The highest BCUT2D eigenvalue weighted by atomic mass is 16.3. The van der Waals surface area contributed by atoms with Crippen molar-refractivity contribution in [2.75, 3.05) is 0 Å². The first-order valence-electron chi connectivity index (χ1n) is 5.96. The van der Waals surface area contributed by atoms with Gasteiger partial charge in [0, 0.05) is 22.7 Å². The Balaban J connectivity index is 2.24. The van der Waals surface area contributed by atoms with E-state index in [1.165, 1.54) is 0 Å². The number of hydrogen-bond acceptors (Lipinski definition) is 3. The number of fused-ring (bicyclic) bond motifs is 1. The maximum absolute atomic E-state index is 9.87. The molecule has 0 atom stereocenters. The predicted molar refractivity (Wildman–Crippen MR) is 75.7 cm³/mol. The minimum absolute atomic E-state index is 0.198. The first kappa shape index (κ1) is 11.5. The first-order valence-corrected chi connectivity index (χ1v) is 5.96. The molecular formula is C15H13N3O. The Bertz CT molecular complexity index is 774. The number of aromatic hydroxyl groups is 1. The van der Waals surface area contributed by atoms with E-state index in [4.69, 9.17) is 0 Å². The Morgan fingerprint density at radius 3 is 2.79 bits per heavy atom. The van der Waals surface area contributed by atoms with E-state index in [9.17, 15) is 5.11 Å². The largest absolute Gasteiger partial charge is 0.507 e. The summed E-state index contributed by atoms with van der Waals surface area (Å²) in [6, 6.07) is 9.01. The number of benzene rings is 1. The fourth-order valence-electron chi connectivity index (χ4n) is 2.10. The molecule has 0 aliphatic rings. The van der Waals surface area contributed by atoms with Gasteiger partial charge in [-0.2, -0.15) is 0 Å². The van der Waals surface area contributed by atoms with Crippen molar-refractivity contribution in [3.8, 4) is 17.0 Å². The van der Waals surface area contributed by atoms with Crippen molar-refractivity contribution in [2.45, 2.75) is 6.92 Å². The van der Waals surface area contributed by atoms with Crippen molar-refractivity contribution in [1.29, 1.82) is 0 Å². The van der Waals surface area contributed by atoms with Gasteiger partial charge in [0.15, 0.2) is 5.65 Å². The summed E-state index contributed by atoms with van der Waals surface area (Å²) in [6.45, 7) is 5.90. The minimum Gasteiger partial charge on any atom is -0.507 e. The van der Waals surface area contributed by atoms with Crippen LogP contribution in [0.5, 0.6) is 5.75 Å². The molecular weight excluding hydrogens is 238 g/mol. The molecule has 0 aliphatic carbocycles. The highest BCUT2D eigenvalue weighted by Crippen LogP contribution is 2.30. The Morgan fingerprint density at radius 1 is 1.26 bits per heavy atom. The highest BCUT2D eigenvalue weighted by Gasteiger charge is 2.10. The Kier molecular flexibility index (Phi) is 2.56. The summed E-state index contributed by atoms with van der Waals surface area (Å²) in [6.07, 6.45) is 1.87. The molecule has 0 saturated carbocycles. The third kappa shape index (κ3) is 1.87. The van der Waals surface area contributed by atoms with Crippen LogP contribution in [0.25, 0.3) is 27.9 Å². The van der Waals surface area contributed by atoms with Gasteiger partial charge in [-0.15, -0.1) is 10.2 Å². The average molecular weight is 251 g/mol.